The van der Waals surface area contributed by atoms with Crippen LogP contribution >= 0.6 is 0 Å². The lowest BCUT2D eigenvalue weighted by Crippen LogP contribution is -2.36. The Morgan fingerprint density at radius 2 is 1.84 bits per heavy atom. The molecule has 2 aromatic heterocycles. The lowest BCUT2D eigenvalue weighted by molar-refractivity contribution is -0.131. The van der Waals surface area contributed by atoms with Gasteiger partial charge in [-0.25, -0.2) is 9.97 Å². The molecule has 0 unspecified atom stereocenters. The number of nitrogens with two attached hydrogens (primary N) is 1. The SMILES string of the molecule is CCc1nccn1CCC(=O)N1CCCN(c2nccc(N)n2)CC1.O=CO.O=CO. The van der Waals surface area contributed by atoms with Gasteiger partial charge in [0, 0.05) is 64.2 Å². The van der Waals surface area contributed by atoms with E-state index in [4.69, 9.17) is 25.5 Å². The summed E-state index contributed by atoms with van der Waals surface area (Å²) in [7, 11) is 0. The van der Waals surface area contributed by atoms with Crippen LogP contribution in [0.5, 0.6) is 0 Å². The Labute approximate surface area is 180 Å². The second-order valence-corrected chi connectivity index (χ2v) is 6.35. The fraction of sp³-hybridized carbons (Fsp3) is 0.474. The summed E-state index contributed by atoms with van der Waals surface area (Å²) in [6.07, 6.45) is 7.67. The molecule has 1 aliphatic heterocycles. The molecule has 1 aliphatic rings. The van der Waals surface area contributed by atoms with Crippen LogP contribution in [0, 0.1) is 0 Å². The highest BCUT2D eigenvalue weighted by Crippen LogP contribution is 2.13. The molecule has 0 aromatic carbocycles. The number of imidazole rings is 1. The molecule has 12 nitrogen and oxygen atoms in total. The van der Waals surface area contributed by atoms with Crippen LogP contribution in [0.25, 0.3) is 0 Å². The van der Waals surface area contributed by atoms with Crippen molar-refractivity contribution in [1.29, 1.82) is 0 Å². The number of hydrogen-bond acceptors (Lipinski definition) is 8. The highest BCUT2D eigenvalue weighted by atomic mass is 16.3. The molecule has 1 saturated heterocycles. The smallest absolute Gasteiger partial charge is 0.290 e. The van der Waals surface area contributed by atoms with Crippen LogP contribution < -0.4 is 10.6 Å². The first-order valence-corrected chi connectivity index (χ1v) is 9.77. The fourth-order valence-electron chi connectivity index (χ4n) is 3.11. The molecule has 3 rings (SSSR count). The van der Waals surface area contributed by atoms with Crippen LogP contribution in [0.3, 0.4) is 0 Å². The van der Waals surface area contributed by atoms with Gasteiger partial charge >= 0.3 is 0 Å². The van der Waals surface area contributed by atoms with E-state index < -0.39 is 0 Å². The van der Waals surface area contributed by atoms with E-state index in [0.717, 1.165) is 38.3 Å². The van der Waals surface area contributed by atoms with Gasteiger partial charge in [0.2, 0.25) is 11.9 Å². The summed E-state index contributed by atoms with van der Waals surface area (Å²) >= 11 is 0. The van der Waals surface area contributed by atoms with Gasteiger partial charge in [0.15, 0.2) is 0 Å². The van der Waals surface area contributed by atoms with Crippen molar-refractivity contribution < 1.29 is 24.6 Å². The molecule has 1 amide bonds. The summed E-state index contributed by atoms with van der Waals surface area (Å²) in [6.45, 7) is 5.25. The average Bonchev–Trinajstić information content (AvgIpc) is 3.07. The number of anilines is 2. The normalized spacial score (nSPS) is 13.1. The van der Waals surface area contributed by atoms with Crippen molar-refractivity contribution in [3.8, 4) is 0 Å². The van der Waals surface area contributed by atoms with Crippen LogP contribution in [0.15, 0.2) is 24.7 Å². The van der Waals surface area contributed by atoms with Crippen molar-refractivity contribution >= 4 is 30.6 Å². The zero-order valence-corrected chi connectivity index (χ0v) is 17.5. The van der Waals surface area contributed by atoms with E-state index in [0.29, 0.717) is 31.3 Å². The van der Waals surface area contributed by atoms with E-state index in [1.165, 1.54) is 0 Å². The molecule has 170 valence electrons. The molecule has 12 heteroatoms. The first kappa shape index (κ1) is 25.3. The van der Waals surface area contributed by atoms with Crippen molar-refractivity contribution in [3.63, 3.8) is 0 Å². The number of nitrogen functional groups attached to an aromatic ring is 1. The minimum absolute atomic E-state index is 0.186. The number of carbonyl (C=O) groups is 3. The molecule has 31 heavy (non-hydrogen) atoms. The molecular formula is C19H29N7O5. The van der Waals surface area contributed by atoms with Crippen LogP contribution in [-0.4, -0.2) is 79.7 Å². The van der Waals surface area contributed by atoms with Gasteiger partial charge in [-0.05, 0) is 12.5 Å². The lowest BCUT2D eigenvalue weighted by atomic mass is 10.3. The van der Waals surface area contributed by atoms with Gasteiger partial charge in [-0.2, -0.15) is 4.98 Å². The van der Waals surface area contributed by atoms with Crippen molar-refractivity contribution in [1.82, 2.24) is 24.4 Å². The summed E-state index contributed by atoms with van der Waals surface area (Å²) in [6, 6.07) is 1.68. The van der Waals surface area contributed by atoms with Gasteiger partial charge in [0.1, 0.15) is 11.6 Å². The van der Waals surface area contributed by atoms with Crippen molar-refractivity contribution in [3.05, 3.63) is 30.5 Å². The topological polar surface area (TPSA) is 168 Å². The van der Waals surface area contributed by atoms with Crippen LogP contribution in [0.1, 0.15) is 25.6 Å². The number of aromatic nitrogens is 4. The van der Waals surface area contributed by atoms with Gasteiger partial charge in [-0.3, -0.25) is 14.4 Å². The van der Waals surface area contributed by atoms with Crippen molar-refractivity contribution in [2.24, 2.45) is 0 Å². The number of amides is 1. The second kappa shape index (κ2) is 14.3. The highest BCUT2D eigenvalue weighted by Gasteiger charge is 2.20. The molecule has 4 N–H and O–H groups in total. The second-order valence-electron chi connectivity index (χ2n) is 6.35. The maximum absolute atomic E-state index is 12.6. The van der Waals surface area contributed by atoms with E-state index in [1.54, 1.807) is 18.5 Å². The summed E-state index contributed by atoms with van der Waals surface area (Å²) in [4.78, 5) is 46.2. The van der Waals surface area contributed by atoms with Gasteiger partial charge in [-0.15, -0.1) is 0 Å². The molecule has 0 radical (unpaired) electrons. The van der Waals surface area contributed by atoms with E-state index in [9.17, 15) is 4.79 Å². The molecule has 3 heterocycles. The quantitative estimate of drug-likeness (QED) is 0.557. The molecule has 0 spiro atoms. The average molecular weight is 435 g/mol. The Morgan fingerprint density at radius 3 is 2.48 bits per heavy atom. The van der Waals surface area contributed by atoms with Gasteiger partial charge in [0.25, 0.3) is 12.9 Å². The Hall–Kier alpha value is -3.70. The number of hydrogen-bond donors (Lipinski definition) is 3. The number of aryl methyl sites for hydroxylation is 2. The first-order valence-electron chi connectivity index (χ1n) is 9.77. The van der Waals surface area contributed by atoms with Gasteiger partial charge < -0.3 is 30.3 Å². The Morgan fingerprint density at radius 1 is 1.13 bits per heavy atom. The molecule has 0 saturated carbocycles. The minimum Gasteiger partial charge on any atom is -0.483 e. The van der Waals surface area contributed by atoms with Crippen molar-refractivity contribution in [2.45, 2.75) is 32.7 Å². The van der Waals surface area contributed by atoms with E-state index in [2.05, 4.69) is 31.3 Å². The van der Waals surface area contributed by atoms with Crippen LogP contribution in [0.4, 0.5) is 11.8 Å². The molecule has 0 atom stereocenters. The maximum atomic E-state index is 12.6. The summed E-state index contributed by atoms with van der Waals surface area (Å²) < 4.78 is 2.06. The Bertz CT molecular complexity index is 808. The predicted octanol–water partition coefficient (Wildman–Crippen LogP) is 0.348. The number of rotatable bonds is 5. The van der Waals surface area contributed by atoms with Crippen molar-refractivity contribution in [2.75, 3.05) is 36.8 Å². The monoisotopic (exact) mass is 435 g/mol. The third-order valence-corrected chi connectivity index (χ3v) is 4.48. The largest absolute Gasteiger partial charge is 0.483 e. The molecule has 1 fully saturated rings. The van der Waals surface area contributed by atoms with Gasteiger partial charge in [-0.1, -0.05) is 6.92 Å². The Balaban J connectivity index is 0.000000720. The number of carbonyl (C=O) groups excluding carboxylic acids is 1. The fourth-order valence-corrected chi connectivity index (χ4v) is 3.11. The summed E-state index contributed by atoms with van der Waals surface area (Å²) in [5.74, 6) is 2.31. The molecular weight excluding hydrogens is 406 g/mol. The van der Waals surface area contributed by atoms with E-state index in [1.807, 2.05) is 11.1 Å². The first-order chi connectivity index (χ1) is 15.0. The predicted molar refractivity (Wildman–Crippen MR) is 113 cm³/mol. The minimum atomic E-state index is -0.250. The summed E-state index contributed by atoms with van der Waals surface area (Å²) in [5.41, 5.74) is 5.74. The zero-order chi connectivity index (χ0) is 23.1. The van der Waals surface area contributed by atoms with Gasteiger partial charge in [0.05, 0.1) is 0 Å². The third kappa shape index (κ3) is 8.68. The van der Waals surface area contributed by atoms with E-state index >= 15 is 0 Å². The summed E-state index contributed by atoms with van der Waals surface area (Å²) in [5, 5.41) is 13.8. The molecule has 0 bridgehead atoms. The number of nitrogens with zero attached hydrogens (tertiary/aromatic N) is 6. The maximum Gasteiger partial charge on any atom is 0.290 e. The van der Waals surface area contributed by atoms with E-state index in [-0.39, 0.29) is 18.9 Å². The standard InChI is InChI=1S/C17H25N7O.2CH2O2/c1-2-15-19-7-11-22(15)10-5-16(25)23-8-3-9-24(13-12-23)17-20-6-4-14(18)21-17;2*2-1-3/h4,6-7,11H,2-3,5,8-10,12-13H2,1H3,(H2,18,20,21);2*1H,(H,2,3). The van der Waals surface area contributed by atoms with Crippen LogP contribution in [-0.2, 0) is 27.3 Å². The van der Waals surface area contributed by atoms with Crippen LogP contribution in [0.2, 0.25) is 0 Å². The highest BCUT2D eigenvalue weighted by molar-refractivity contribution is 5.76. The molecule has 2 aromatic rings. The third-order valence-electron chi connectivity index (χ3n) is 4.48. The lowest BCUT2D eigenvalue weighted by Gasteiger charge is -2.22. The zero-order valence-electron chi connectivity index (χ0n) is 17.5. The number of carboxylic acid groups (broad SMARTS) is 2. The molecule has 0 aliphatic carbocycles. The Kier molecular flexibility index (Phi) is 11.7.